The number of hydrogen-bond donors (Lipinski definition) is 1. The zero-order valence-corrected chi connectivity index (χ0v) is 18.2. The van der Waals surface area contributed by atoms with E-state index in [0.29, 0.717) is 24.2 Å². The molecule has 1 saturated heterocycles. The largest absolute Gasteiger partial charge is 0.280 e. The average Bonchev–Trinajstić information content (AvgIpc) is 3.15. The fourth-order valence-corrected chi connectivity index (χ4v) is 6.82. The van der Waals surface area contributed by atoms with Crippen LogP contribution in [0.25, 0.3) is 0 Å². The first-order chi connectivity index (χ1) is 13.0. The number of benzene rings is 2. The van der Waals surface area contributed by atoms with Crippen molar-refractivity contribution >= 4 is 25.7 Å². The summed E-state index contributed by atoms with van der Waals surface area (Å²) in [6, 6.07) is 7.97. The highest BCUT2D eigenvalue weighted by atomic mass is 32.2. The summed E-state index contributed by atoms with van der Waals surface area (Å²) >= 11 is 0. The van der Waals surface area contributed by atoms with E-state index in [1.165, 1.54) is 16.4 Å². The predicted molar refractivity (Wildman–Crippen MR) is 111 cm³/mol. The van der Waals surface area contributed by atoms with Crippen molar-refractivity contribution in [2.24, 2.45) is 0 Å². The summed E-state index contributed by atoms with van der Waals surface area (Å²) < 4.78 is 55.7. The maximum Gasteiger partial charge on any atom is 0.262 e. The molecule has 0 radical (unpaired) electrons. The normalized spacial score (nSPS) is 15.7. The second kappa shape index (κ2) is 7.50. The number of sulfonamides is 2. The Bertz CT molecular complexity index is 1090. The van der Waals surface area contributed by atoms with Gasteiger partial charge in [-0.25, -0.2) is 16.8 Å². The molecule has 6 nitrogen and oxygen atoms in total. The highest BCUT2D eigenvalue weighted by Gasteiger charge is 2.28. The molecule has 1 heterocycles. The Morgan fingerprint density at radius 3 is 2.00 bits per heavy atom. The van der Waals surface area contributed by atoms with E-state index in [2.05, 4.69) is 4.72 Å². The monoisotopic (exact) mass is 422 g/mol. The summed E-state index contributed by atoms with van der Waals surface area (Å²) in [4.78, 5) is 0.348. The average molecular weight is 423 g/mol. The molecule has 0 bridgehead atoms. The standard InChI is InChI=1S/C20H26N2O4S2/c1-14-12-15(2)17(4)20(16(14)3)27(23,24)21-18-8-7-9-19(13-18)28(25,26)22-10-5-6-11-22/h7-9,12-13,21H,5-6,10-11H2,1-4H3. The molecular weight excluding hydrogens is 396 g/mol. The lowest BCUT2D eigenvalue weighted by atomic mass is 10.0. The molecule has 1 N–H and O–H groups in total. The highest BCUT2D eigenvalue weighted by Crippen LogP contribution is 2.29. The van der Waals surface area contributed by atoms with Gasteiger partial charge < -0.3 is 0 Å². The molecule has 0 amide bonds. The lowest BCUT2D eigenvalue weighted by Gasteiger charge is -2.18. The van der Waals surface area contributed by atoms with Crippen molar-refractivity contribution in [3.63, 3.8) is 0 Å². The Morgan fingerprint density at radius 2 is 1.43 bits per heavy atom. The molecule has 0 atom stereocenters. The molecule has 2 aromatic carbocycles. The van der Waals surface area contributed by atoms with E-state index in [1.807, 2.05) is 19.9 Å². The lowest BCUT2D eigenvalue weighted by molar-refractivity contribution is 0.477. The maximum atomic E-state index is 13.1. The topological polar surface area (TPSA) is 83.5 Å². The van der Waals surface area contributed by atoms with Crippen LogP contribution in [0.3, 0.4) is 0 Å². The van der Waals surface area contributed by atoms with Crippen molar-refractivity contribution in [1.29, 1.82) is 0 Å². The molecule has 1 aliphatic heterocycles. The summed E-state index contributed by atoms with van der Waals surface area (Å²) in [6.45, 7) is 8.32. The first kappa shape index (κ1) is 20.8. The summed E-state index contributed by atoms with van der Waals surface area (Å²) in [5, 5.41) is 0. The van der Waals surface area contributed by atoms with Gasteiger partial charge in [-0.3, -0.25) is 4.72 Å². The van der Waals surface area contributed by atoms with E-state index in [9.17, 15) is 16.8 Å². The molecule has 0 aromatic heterocycles. The van der Waals surface area contributed by atoms with E-state index in [-0.39, 0.29) is 15.5 Å². The van der Waals surface area contributed by atoms with Gasteiger partial charge in [0.2, 0.25) is 10.0 Å². The van der Waals surface area contributed by atoms with Gasteiger partial charge in [0.15, 0.2) is 0 Å². The summed E-state index contributed by atoms with van der Waals surface area (Å²) in [6.07, 6.45) is 1.69. The van der Waals surface area contributed by atoms with Crippen molar-refractivity contribution in [2.45, 2.75) is 50.3 Å². The smallest absolute Gasteiger partial charge is 0.262 e. The van der Waals surface area contributed by atoms with Crippen LogP contribution in [-0.2, 0) is 20.0 Å². The molecule has 0 saturated carbocycles. The van der Waals surface area contributed by atoms with Crippen LogP contribution in [-0.4, -0.2) is 34.2 Å². The van der Waals surface area contributed by atoms with Gasteiger partial charge in [0.1, 0.15) is 0 Å². The lowest BCUT2D eigenvalue weighted by Crippen LogP contribution is -2.28. The molecule has 152 valence electrons. The molecule has 0 aliphatic carbocycles. The minimum absolute atomic E-state index is 0.100. The van der Waals surface area contributed by atoms with E-state index in [4.69, 9.17) is 0 Å². The number of aryl methyl sites for hydroxylation is 2. The number of hydrogen-bond acceptors (Lipinski definition) is 4. The van der Waals surface area contributed by atoms with E-state index in [1.54, 1.807) is 26.0 Å². The summed E-state index contributed by atoms with van der Waals surface area (Å²) in [5.41, 5.74) is 3.41. The van der Waals surface area contributed by atoms with Gasteiger partial charge in [0.25, 0.3) is 10.0 Å². The van der Waals surface area contributed by atoms with Crippen LogP contribution >= 0.6 is 0 Å². The van der Waals surface area contributed by atoms with E-state index >= 15 is 0 Å². The van der Waals surface area contributed by atoms with Crippen molar-refractivity contribution < 1.29 is 16.8 Å². The van der Waals surface area contributed by atoms with Gasteiger partial charge in [-0.05, 0) is 81.0 Å². The molecule has 1 aliphatic rings. The van der Waals surface area contributed by atoms with Gasteiger partial charge >= 0.3 is 0 Å². The molecule has 0 unspecified atom stereocenters. The minimum Gasteiger partial charge on any atom is -0.280 e. The van der Waals surface area contributed by atoms with Crippen LogP contribution in [0.5, 0.6) is 0 Å². The van der Waals surface area contributed by atoms with Crippen LogP contribution in [0.1, 0.15) is 35.1 Å². The third-order valence-corrected chi connectivity index (χ3v) is 8.90. The zero-order valence-electron chi connectivity index (χ0n) is 16.6. The van der Waals surface area contributed by atoms with E-state index < -0.39 is 20.0 Å². The molecule has 28 heavy (non-hydrogen) atoms. The number of nitrogens with one attached hydrogen (secondary N) is 1. The van der Waals surface area contributed by atoms with Crippen molar-refractivity contribution in [3.8, 4) is 0 Å². The van der Waals surface area contributed by atoms with Crippen LogP contribution in [0, 0.1) is 27.7 Å². The summed E-state index contributed by atoms with van der Waals surface area (Å²) in [5.74, 6) is 0. The van der Waals surface area contributed by atoms with E-state index in [0.717, 1.165) is 24.0 Å². The second-order valence-corrected chi connectivity index (χ2v) is 10.9. The highest BCUT2D eigenvalue weighted by molar-refractivity contribution is 7.92. The second-order valence-electron chi connectivity index (χ2n) is 7.33. The van der Waals surface area contributed by atoms with Crippen LogP contribution in [0.2, 0.25) is 0 Å². The third kappa shape index (κ3) is 3.81. The minimum atomic E-state index is -3.86. The first-order valence-electron chi connectivity index (χ1n) is 9.24. The van der Waals surface area contributed by atoms with Gasteiger partial charge in [0.05, 0.1) is 15.5 Å². The van der Waals surface area contributed by atoms with Crippen molar-refractivity contribution in [2.75, 3.05) is 17.8 Å². The Kier molecular flexibility index (Phi) is 5.58. The van der Waals surface area contributed by atoms with Gasteiger partial charge in [-0.15, -0.1) is 0 Å². The number of rotatable bonds is 5. The van der Waals surface area contributed by atoms with Crippen molar-refractivity contribution in [1.82, 2.24) is 4.31 Å². The van der Waals surface area contributed by atoms with Crippen LogP contribution in [0.4, 0.5) is 5.69 Å². The maximum absolute atomic E-state index is 13.1. The zero-order chi connectivity index (χ0) is 20.7. The fraction of sp³-hybridized carbons (Fsp3) is 0.400. The Labute approximate surface area is 167 Å². The van der Waals surface area contributed by atoms with Crippen LogP contribution < -0.4 is 4.72 Å². The third-order valence-electron chi connectivity index (χ3n) is 5.35. The molecule has 2 aromatic rings. The molecule has 0 spiro atoms. The van der Waals surface area contributed by atoms with Gasteiger partial charge in [-0.1, -0.05) is 12.1 Å². The first-order valence-corrected chi connectivity index (χ1v) is 12.2. The molecule has 1 fully saturated rings. The fourth-order valence-electron chi connectivity index (χ4n) is 3.59. The Morgan fingerprint density at radius 1 is 0.857 bits per heavy atom. The number of anilines is 1. The predicted octanol–water partition coefficient (Wildman–Crippen LogP) is 3.51. The Balaban J connectivity index is 1.99. The SMILES string of the molecule is Cc1cc(C)c(C)c(S(=O)(=O)Nc2cccc(S(=O)(=O)N3CCCC3)c2)c1C. The molecular formula is C20H26N2O4S2. The quantitative estimate of drug-likeness (QED) is 0.799. The molecule has 3 rings (SSSR count). The Hall–Kier alpha value is -1.90. The number of nitrogens with zero attached hydrogens (tertiary/aromatic N) is 1. The van der Waals surface area contributed by atoms with Gasteiger partial charge in [-0.2, -0.15) is 4.31 Å². The summed E-state index contributed by atoms with van der Waals surface area (Å²) in [7, 11) is -7.47. The van der Waals surface area contributed by atoms with Crippen molar-refractivity contribution in [3.05, 3.63) is 52.6 Å². The molecule has 8 heteroatoms. The van der Waals surface area contributed by atoms with Crippen LogP contribution in [0.15, 0.2) is 40.1 Å². The van der Waals surface area contributed by atoms with Gasteiger partial charge in [0, 0.05) is 13.1 Å².